The zero-order valence-electron chi connectivity index (χ0n) is 24.5. The van der Waals surface area contributed by atoms with Crippen LogP contribution in [0.3, 0.4) is 0 Å². The van der Waals surface area contributed by atoms with Gasteiger partial charge in [0.1, 0.15) is 0 Å². The lowest BCUT2D eigenvalue weighted by atomic mass is 10.0. The number of benzene rings is 3. The van der Waals surface area contributed by atoms with E-state index in [-0.39, 0.29) is 18.4 Å². The van der Waals surface area contributed by atoms with Gasteiger partial charge >= 0.3 is 0 Å². The molecule has 0 saturated carbocycles. The van der Waals surface area contributed by atoms with Crippen LogP contribution in [-0.4, -0.2) is 71.1 Å². The molecule has 1 aliphatic rings. The molecular formula is C35H39N5O2. The maximum atomic E-state index is 13.3. The van der Waals surface area contributed by atoms with Gasteiger partial charge in [-0.25, -0.2) is 0 Å². The van der Waals surface area contributed by atoms with Gasteiger partial charge in [-0.1, -0.05) is 98.8 Å². The molecular weight excluding hydrogens is 522 g/mol. The van der Waals surface area contributed by atoms with Crippen molar-refractivity contribution in [3.63, 3.8) is 0 Å². The number of hydrogen-bond acceptors (Lipinski definition) is 5. The molecule has 0 N–H and O–H groups in total. The second-order valence-corrected chi connectivity index (χ2v) is 11.2. The molecule has 2 heterocycles. The van der Waals surface area contributed by atoms with Crippen LogP contribution in [0.4, 0.5) is 5.82 Å². The number of amides is 2. The molecule has 1 aliphatic heterocycles. The van der Waals surface area contributed by atoms with Crippen molar-refractivity contribution in [3.8, 4) is 22.4 Å². The van der Waals surface area contributed by atoms with Crippen LogP contribution < -0.4 is 4.90 Å². The number of piperazine rings is 1. The van der Waals surface area contributed by atoms with Gasteiger partial charge in [-0.2, -0.15) is 0 Å². The first-order valence-electron chi connectivity index (χ1n) is 14.8. The van der Waals surface area contributed by atoms with Gasteiger partial charge in [0, 0.05) is 38.3 Å². The number of rotatable bonds is 10. The molecule has 7 heteroatoms. The summed E-state index contributed by atoms with van der Waals surface area (Å²) in [7, 11) is 0. The maximum absolute atomic E-state index is 13.3. The molecule has 42 heavy (non-hydrogen) atoms. The molecule has 0 radical (unpaired) electrons. The van der Waals surface area contributed by atoms with E-state index in [9.17, 15) is 9.59 Å². The fourth-order valence-electron chi connectivity index (χ4n) is 5.15. The summed E-state index contributed by atoms with van der Waals surface area (Å²) in [5.74, 6) is 1.26. The van der Waals surface area contributed by atoms with Crippen molar-refractivity contribution in [2.45, 2.75) is 26.7 Å². The molecule has 0 atom stereocenters. The van der Waals surface area contributed by atoms with Gasteiger partial charge < -0.3 is 14.7 Å². The standard InChI is InChI=1S/C35H39N5O2/c1-27(2)19-20-40(34(41)25-28-9-5-3-6-10-28)26-35(42)39-23-21-38(22-24-39)33-18-17-32(36-37-33)31-15-13-30(14-16-31)29-11-7-4-8-12-29/h3-18,27H,19-26H2,1-2H3. The SMILES string of the molecule is CC(C)CCN(CC(=O)N1CCN(c2ccc(-c3ccc(-c4ccccc4)cc3)nn2)CC1)C(=O)Cc1ccccc1. The van der Waals surface area contributed by atoms with Gasteiger partial charge in [0.15, 0.2) is 5.82 Å². The number of nitrogens with zero attached hydrogens (tertiary/aromatic N) is 5. The third-order valence-electron chi connectivity index (χ3n) is 7.75. The second-order valence-electron chi connectivity index (χ2n) is 11.2. The van der Waals surface area contributed by atoms with E-state index >= 15 is 0 Å². The van der Waals surface area contributed by atoms with E-state index in [1.807, 2.05) is 65.6 Å². The van der Waals surface area contributed by atoms with Crippen LogP contribution in [0, 0.1) is 5.92 Å². The Hall–Kier alpha value is -4.52. The second kappa shape index (κ2) is 13.9. The van der Waals surface area contributed by atoms with Crippen molar-refractivity contribution >= 4 is 17.6 Å². The minimum absolute atomic E-state index is 0.000185. The Balaban J connectivity index is 1.15. The molecule has 5 rings (SSSR count). The van der Waals surface area contributed by atoms with Gasteiger partial charge in [-0.3, -0.25) is 9.59 Å². The van der Waals surface area contributed by atoms with E-state index in [1.54, 1.807) is 4.90 Å². The summed E-state index contributed by atoms with van der Waals surface area (Å²) in [5.41, 5.74) is 5.17. The van der Waals surface area contributed by atoms with Crippen LogP contribution in [0.2, 0.25) is 0 Å². The Bertz CT molecular complexity index is 1430. The highest BCUT2D eigenvalue weighted by Crippen LogP contribution is 2.24. The molecule has 0 aliphatic carbocycles. The summed E-state index contributed by atoms with van der Waals surface area (Å²) in [5, 5.41) is 8.99. The number of aromatic nitrogens is 2. The number of anilines is 1. The molecule has 7 nitrogen and oxygen atoms in total. The summed E-state index contributed by atoms with van der Waals surface area (Å²) in [6, 6.07) is 32.4. The molecule has 2 amide bonds. The van der Waals surface area contributed by atoms with Crippen molar-refractivity contribution in [2.75, 3.05) is 44.2 Å². The summed E-state index contributed by atoms with van der Waals surface area (Å²) in [6.07, 6.45) is 1.18. The van der Waals surface area contributed by atoms with Gasteiger partial charge in [0.05, 0.1) is 18.7 Å². The molecule has 1 fully saturated rings. The maximum Gasteiger partial charge on any atom is 0.242 e. The van der Waals surface area contributed by atoms with Gasteiger partial charge in [0.2, 0.25) is 11.8 Å². The van der Waals surface area contributed by atoms with Crippen molar-refractivity contribution in [3.05, 3.63) is 103 Å². The van der Waals surface area contributed by atoms with Crippen LogP contribution >= 0.6 is 0 Å². The summed E-state index contributed by atoms with van der Waals surface area (Å²) < 4.78 is 0. The fourth-order valence-corrected chi connectivity index (χ4v) is 5.15. The van der Waals surface area contributed by atoms with Gasteiger partial charge in [0.25, 0.3) is 0 Å². The Morgan fingerprint density at radius 3 is 1.98 bits per heavy atom. The monoisotopic (exact) mass is 561 g/mol. The van der Waals surface area contributed by atoms with Crippen LogP contribution in [0.15, 0.2) is 97.1 Å². The Morgan fingerprint density at radius 1 is 0.738 bits per heavy atom. The highest BCUT2D eigenvalue weighted by atomic mass is 16.2. The van der Waals surface area contributed by atoms with Crippen molar-refractivity contribution in [1.29, 1.82) is 0 Å². The predicted molar refractivity (Wildman–Crippen MR) is 168 cm³/mol. The number of hydrogen-bond donors (Lipinski definition) is 0. The zero-order chi connectivity index (χ0) is 29.3. The Morgan fingerprint density at radius 2 is 1.36 bits per heavy atom. The first kappa shape index (κ1) is 29.0. The van der Waals surface area contributed by atoms with E-state index in [0.29, 0.717) is 45.1 Å². The first-order chi connectivity index (χ1) is 20.5. The summed E-state index contributed by atoms with van der Waals surface area (Å²) in [4.78, 5) is 32.1. The molecule has 4 aromatic rings. The van der Waals surface area contributed by atoms with Crippen LogP contribution in [0.1, 0.15) is 25.8 Å². The van der Waals surface area contributed by atoms with E-state index < -0.39 is 0 Å². The summed E-state index contributed by atoms with van der Waals surface area (Å²) >= 11 is 0. The average Bonchev–Trinajstić information content (AvgIpc) is 3.04. The van der Waals surface area contributed by atoms with E-state index in [1.165, 1.54) is 11.1 Å². The first-order valence-corrected chi connectivity index (χ1v) is 14.8. The van der Waals surface area contributed by atoms with Crippen LogP contribution in [0.25, 0.3) is 22.4 Å². The van der Waals surface area contributed by atoms with Gasteiger partial charge in [-0.15, -0.1) is 10.2 Å². The average molecular weight is 562 g/mol. The quantitative estimate of drug-likeness (QED) is 0.253. The molecule has 0 unspecified atom stereocenters. The highest BCUT2D eigenvalue weighted by molar-refractivity contribution is 5.86. The lowest BCUT2D eigenvalue weighted by Crippen LogP contribution is -2.52. The topological polar surface area (TPSA) is 69.6 Å². The number of carbonyl (C=O) groups excluding carboxylic acids is 2. The Labute approximate surface area is 248 Å². The van der Waals surface area contributed by atoms with Gasteiger partial charge in [-0.05, 0) is 41.2 Å². The lowest BCUT2D eigenvalue weighted by Gasteiger charge is -2.36. The normalized spacial score (nSPS) is 13.3. The van der Waals surface area contributed by atoms with Crippen molar-refractivity contribution in [2.24, 2.45) is 5.92 Å². The molecule has 1 saturated heterocycles. The smallest absolute Gasteiger partial charge is 0.242 e. The molecule has 216 valence electrons. The van der Waals surface area contributed by atoms with E-state index in [4.69, 9.17) is 0 Å². The molecule has 1 aromatic heterocycles. The fraction of sp³-hybridized carbons (Fsp3) is 0.314. The minimum atomic E-state index is -0.00101. The van der Waals surface area contributed by atoms with E-state index in [2.05, 4.69) is 65.3 Å². The van der Waals surface area contributed by atoms with Crippen LogP contribution in [-0.2, 0) is 16.0 Å². The largest absolute Gasteiger partial charge is 0.352 e. The molecule has 0 bridgehead atoms. The third kappa shape index (κ3) is 7.60. The minimum Gasteiger partial charge on any atom is -0.352 e. The van der Waals surface area contributed by atoms with Crippen LogP contribution in [0.5, 0.6) is 0 Å². The lowest BCUT2D eigenvalue weighted by molar-refractivity contribution is -0.140. The third-order valence-corrected chi connectivity index (χ3v) is 7.75. The van der Waals surface area contributed by atoms with E-state index in [0.717, 1.165) is 29.1 Å². The number of carbonyl (C=O) groups is 2. The zero-order valence-corrected chi connectivity index (χ0v) is 24.5. The highest BCUT2D eigenvalue weighted by Gasteiger charge is 2.25. The Kier molecular flexibility index (Phi) is 9.59. The molecule has 0 spiro atoms. The summed E-state index contributed by atoms with van der Waals surface area (Å²) in [6.45, 7) is 7.52. The van der Waals surface area contributed by atoms with Crippen molar-refractivity contribution in [1.82, 2.24) is 20.0 Å². The van der Waals surface area contributed by atoms with Crippen molar-refractivity contribution < 1.29 is 9.59 Å². The molecule has 3 aromatic carbocycles. The predicted octanol–water partition coefficient (Wildman–Crippen LogP) is 5.58.